The molecule has 12 heteroatoms. The van der Waals surface area contributed by atoms with Crippen LogP contribution in [0.15, 0.2) is 53.4 Å². The van der Waals surface area contributed by atoms with E-state index >= 15 is 0 Å². The van der Waals surface area contributed by atoms with Gasteiger partial charge >= 0.3 is 6.36 Å². The Bertz CT molecular complexity index is 1150. The van der Waals surface area contributed by atoms with Gasteiger partial charge in [0.2, 0.25) is 0 Å². The second-order valence-corrected chi connectivity index (χ2v) is 9.35. The van der Waals surface area contributed by atoms with Crippen molar-refractivity contribution >= 4 is 9.84 Å². The van der Waals surface area contributed by atoms with Gasteiger partial charge in [-0.2, -0.15) is 5.48 Å². The van der Waals surface area contributed by atoms with Gasteiger partial charge in [0, 0.05) is 0 Å². The lowest BCUT2D eigenvalue weighted by molar-refractivity contribution is -0.274. The number of alkyl halides is 3. The molecule has 8 nitrogen and oxygen atoms in total. The molecule has 0 unspecified atom stereocenters. The minimum absolute atomic E-state index is 0.0689. The second kappa shape index (κ2) is 9.24. The molecule has 0 saturated carbocycles. The van der Waals surface area contributed by atoms with Gasteiger partial charge in [0.25, 0.3) is 0 Å². The highest BCUT2D eigenvalue weighted by atomic mass is 32.2. The maximum absolute atomic E-state index is 12.8. The highest BCUT2D eigenvalue weighted by Crippen LogP contribution is 2.29. The van der Waals surface area contributed by atoms with E-state index in [4.69, 9.17) is 17.0 Å². The van der Waals surface area contributed by atoms with Crippen molar-refractivity contribution in [1.29, 1.82) is 0 Å². The van der Waals surface area contributed by atoms with Crippen LogP contribution in [-0.4, -0.2) is 50.3 Å². The largest absolute Gasteiger partial charge is 0.573 e. The molecule has 0 aliphatic carbocycles. The molecule has 32 heavy (non-hydrogen) atoms. The number of halogens is 3. The Balaban J connectivity index is 1.74. The van der Waals surface area contributed by atoms with Gasteiger partial charge in [-0.05, 0) is 62.3 Å². The van der Waals surface area contributed by atoms with Crippen LogP contribution in [0.4, 0.5) is 13.2 Å². The molecule has 1 aliphatic rings. The summed E-state index contributed by atoms with van der Waals surface area (Å²) in [6, 6.07) is 4.43. The van der Waals surface area contributed by atoms with E-state index in [1.54, 1.807) is 13.8 Å². The number of nitrogens with one attached hydrogen (secondary N) is 1. The molecule has 0 bridgehead atoms. The van der Waals surface area contributed by atoms with E-state index in [0.717, 1.165) is 24.3 Å². The summed E-state index contributed by atoms with van der Waals surface area (Å²) in [6.45, 7) is 3.37. The topological polar surface area (TPSA) is 103 Å². The SMILES string of the molecule is [3H]c1cc(OC(F)(F)F)ccc1Oc1ccc(S(=O)(=O)C[C@@H](NO)[C@H]2COC(C)(C)O2)cc1[3H]. The fourth-order valence-corrected chi connectivity index (χ4v) is 4.37. The van der Waals surface area contributed by atoms with Crippen molar-refractivity contribution < 1.29 is 48.5 Å². The molecule has 3 rings (SSSR count). The fraction of sp³-hybridized carbons (Fsp3) is 0.400. The average Bonchev–Trinajstić information content (AvgIpc) is 3.07. The van der Waals surface area contributed by atoms with E-state index in [-0.39, 0.29) is 29.0 Å². The van der Waals surface area contributed by atoms with Crippen LogP contribution in [0.3, 0.4) is 0 Å². The van der Waals surface area contributed by atoms with Crippen LogP contribution in [0.5, 0.6) is 17.2 Å². The van der Waals surface area contributed by atoms with Gasteiger partial charge in [-0.15, -0.1) is 13.2 Å². The number of sulfone groups is 1. The van der Waals surface area contributed by atoms with E-state index in [1.165, 1.54) is 12.1 Å². The predicted molar refractivity (Wildman–Crippen MR) is 105 cm³/mol. The van der Waals surface area contributed by atoms with Gasteiger partial charge in [-0.3, -0.25) is 0 Å². The zero-order valence-corrected chi connectivity index (χ0v) is 17.8. The minimum atomic E-state index is -4.91. The van der Waals surface area contributed by atoms with Crippen LogP contribution < -0.4 is 15.0 Å². The highest BCUT2D eigenvalue weighted by molar-refractivity contribution is 7.91. The highest BCUT2D eigenvalue weighted by Gasteiger charge is 2.39. The summed E-state index contributed by atoms with van der Waals surface area (Å²) >= 11 is 0. The molecule has 176 valence electrons. The van der Waals surface area contributed by atoms with Crippen LogP contribution >= 0.6 is 0 Å². The molecule has 0 spiro atoms. The van der Waals surface area contributed by atoms with Crippen molar-refractivity contribution in [3.8, 4) is 17.2 Å². The average molecular weight is 481 g/mol. The maximum Gasteiger partial charge on any atom is 0.573 e. The summed E-state index contributed by atoms with van der Waals surface area (Å²) in [5.41, 5.74) is 1.93. The van der Waals surface area contributed by atoms with Gasteiger partial charge in [0.15, 0.2) is 15.6 Å². The smallest absolute Gasteiger partial charge is 0.457 e. The maximum atomic E-state index is 12.8. The van der Waals surface area contributed by atoms with E-state index < -0.39 is 51.7 Å². The van der Waals surface area contributed by atoms with E-state index in [2.05, 4.69) is 4.74 Å². The van der Waals surface area contributed by atoms with Crippen molar-refractivity contribution in [3.63, 3.8) is 0 Å². The third kappa shape index (κ3) is 6.56. The molecular formula is C20H22F3NO7S. The normalized spacial score (nSPS) is 20.4. The molecule has 0 radical (unpaired) electrons. The summed E-state index contributed by atoms with van der Waals surface area (Å²) in [5, 5.41) is 9.44. The molecule has 1 heterocycles. The third-order valence-electron chi connectivity index (χ3n) is 4.37. The van der Waals surface area contributed by atoms with Crippen LogP contribution in [0.2, 0.25) is 0 Å². The van der Waals surface area contributed by atoms with Gasteiger partial charge in [-0.1, -0.05) is 0 Å². The predicted octanol–water partition coefficient (Wildman–Crippen LogP) is 3.65. The molecular weight excluding hydrogens is 455 g/mol. The molecule has 2 aromatic rings. The van der Waals surface area contributed by atoms with Crippen LogP contribution in [-0.2, 0) is 19.3 Å². The number of hydroxylamine groups is 1. The first-order valence-corrected chi connectivity index (χ1v) is 10.9. The van der Waals surface area contributed by atoms with Crippen LogP contribution in [0.1, 0.15) is 16.6 Å². The number of hydrogen-bond acceptors (Lipinski definition) is 8. The fourth-order valence-electron chi connectivity index (χ4n) is 2.90. The second-order valence-electron chi connectivity index (χ2n) is 7.31. The Morgan fingerprint density at radius 3 is 2.34 bits per heavy atom. The van der Waals surface area contributed by atoms with Gasteiger partial charge in [0.05, 0.1) is 26.0 Å². The van der Waals surface area contributed by atoms with Crippen molar-refractivity contribution in [1.82, 2.24) is 5.48 Å². The quantitative estimate of drug-likeness (QED) is 0.551. The summed E-state index contributed by atoms with van der Waals surface area (Å²) in [6.07, 6.45) is -5.64. The Morgan fingerprint density at radius 1 is 1.19 bits per heavy atom. The third-order valence-corrected chi connectivity index (χ3v) is 6.14. The van der Waals surface area contributed by atoms with E-state index in [1.807, 2.05) is 5.48 Å². The lowest BCUT2D eigenvalue weighted by Crippen LogP contribution is -2.45. The summed E-state index contributed by atoms with van der Waals surface area (Å²) in [5.74, 6) is -2.37. The number of rotatable bonds is 8. The lowest BCUT2D eigenvalue weighted by atomic mass is 10.2. The Kier molecular flexibility index (Phi) is 6.20. The number of ether oxygens (including phenoxy) is 4. The first kappa shape index (κ1) is 21.5. The monoisotopic (exact) mass is 481 g/mol. The van der Waals surface area contributed by atoms with Gasteiger partial charge < -0.3 is 24.2 Å². The van der Waals surface area contributed by atoms with Crippen molar-refractivity contribution in [3.05, 3.63) is 48.5 Å². The number of benzene rings is 2. The zero-order valence-electron chi connectivity index (χ0n) is 19.0. The van der Waals surface area contributed by atoms with E-state index in [9.17, 15) is 26.8 Å². The lowest BCUT2D eigenvalue weighted by Gasteiger charge is -2.23. The Labute approximate surface area is 185 Å². The van der Waals surface area contributed by atoms with Gasteiger partial charge in [-0.25, -0.2) is 8.42 Å². The zero-order chi connectivity index (χ0) is 25.3. The standard InChI is InChI=1S/C20H22F3NO7S/c1-19(2)28-11-18(31-19)17(24-25)12-32(26,27)16-9-7-14(8-10-16)29-13-3-5-15(6-4-13)30-20(21,22)23/h3-10,17-18,24-25H,11-12H2,1-2H3/t17-,18-/m1/s1/i3T,7T. The summed E-state index contributed by atoms with van der Waals surface area (Å²) in [7, 11) is -3.98. The molecule has 1 saturated heterocycles. The summed E-state index contributed by atoms with van der Waals surface area (Å²) in [4.78, 5) is -0.219. The molecule has 2 atom stereocenters. The molecule has 2 aromatic carbocycles. The summed E-state index contributed by atoms with van der Waals surface area (Å²) < 4.78 is 98.6. The van der Waals surface area contributed by atoms with Crippen molar-refractivity contribution in [2.45, 2.75) is 43.0 Å². The molecule has 2 N–H and O–H groups in total. The molecule has 1 aliphatic heterocycles. The first-order chi connectivity index (χ1) is 15.7. The van der Waals surface area contributed by atoms with Crippen LogP contribution in [0, 0.1) is 0 Å². The van der Waals surface area contributed by atoms with Crippen molar-refractivity contribution in [2.24, 2.45) is 0 Å². The van der Waals surface area contributed by atoms with Crippen LogP contribution in [0.25, 0.3) is 0 Å². The Hall–Kier alpha value is -2.38. The molecule has 0 amide bonds. The van der Waals surface area contributed by atoms with E-state index in [0.29, 0.717) is 0 Å². The van der Waals surface area contributed by atoms with Gasteiger partial charge in [0.1, 0.15) is 23.4 Å². The molecule has 1 fully saturated rings. The minimum Gasteiger partial charge on any atom is -0.457 e. The number of hydrogen-bond donors (Lipinski definition) is 2. The first-order valence-electron chi connectivity index (χ1n) is 10.3. The Morgan fingerprint density at radius 2 is 1.81 bits per heavy atom. The molecule has 0 aromatic heterocycles. The van der Waals surface area contributed by atoms with Crippen molar-refractivity contribution in [2.75, 3.05) is 12.4 Å².